The van der Waals surface area contributed by atoms with Crippen molar-refractivity contribution in [3.05, 3.63) is 34.4 Å². The van der Waals surface area contributed by atoms with Crippen LogP contribution in [0, 0.1) is 6.92 Å². The number of hydrogen-bond donors (Lipinski definition) is 0. The zero-order valence-electron chi connectivity index (χ0n) is 8.68. The summed E-state index contributed by atoms with van der Waals surface area (Å²) < 4.78 is 38.2. The molecule has 86 valence electrons. The fraction of sp³-hybridized carbons (Fsp3) is 0.273. The van der Waals surface area contributed by atoms with E-state index in [0.717, 1.165) is 13.0 Å². The summed E-state index contributed by atoms with van der Waals surface area (Å²) in [6.45, 7) is 2.43. The van der Waals surface area contributed by atoms with Crippen LogP contribution >= 0.6 is 0 Å². The number of ketones is 1. The van der Waals surface area contributed by atoms with E-state index in [1.54, 1.807) is 0 Å². The molecule has 0 radical (unpaired) electrons. The van der Waals surface area contributed by atoms with Gasteiger partial charge in [0.1, 0.15) is 0 Å². The first kappa shape index (κ1) is 12.4. The van der Waals surface area contributed by atoms with Crippen LogP contribution in [0.2, 0.25) is 0 Å². The molecule has 16 heavy (non-hydrogen) atoms. The Morgan fingerprint density at radius 3 is 2.25 bits per heavy atom. The fourth-order valence-corrected chi connectivity index (χ4v) is 1.47. The lowest BCUT2D eigenvalue weighted by atomic mass is 9.95. The van der Waals surface area contributed by atoms with Gasteiger partial charge in [0.15, 0.2) is 12.1 Å². The van der Waals surface area contributed by atoms with Gasteiger partial charge in [-0.15, -0.1) is 0 Å². The molecule has 5 heteroatoms. The van der Waals surface area contributed by atoms with E-state index in [0.29, 0.717) is 0 Å². The molecule has 0 unspecified atom stereocenters. The van der Waals surface area contributed by atoms with E-state index in [1.165, 1.54) is 13.0 Å². The van der Waals surface area contributed by atoms with Crippen molar-refractivity contribution in [1.82, 2.24) is 0 Å². The normalized spacial score (nSPS) is 11.3. The zero-order chi connectivity index (χ0) is 12.5. The van der Waals surface area contributed by atoms with E-state index in [1.807, 2.05) is 0 Å². The Labute approximate surface area is 90.1 Å². The van der Waals surface area contributed by atoms with Crippen LogP contribution in [0.4, 0.5) is 13.2 Å². The summed E-state index contributed by atoms with van der Waals surface area (Å²) in [6.07, 6.45) is -4.58. The summed E-state index contributed by atoms with van der Waals surface area (Å²) in [6, 6.07) is 2.42. The Morgan fingerprint density at radius 1 is 1.31 bits per heavy atom. The van der Waals surface area contributed by atoms with Crippen molar-refractivity contribution in [2.75, 3.05) is 0 Å². The first-order valence-electron chi connectivity index (χ1n) is 4.46. The number of halogens is 3. The van der Waals surface area contributed by atoms with Crippen molar-refractivity contribution in [2.45, 2.75) is 20.0 Å². The Kier molecular flexibility index (Phi) is 3.16. The number of alkyl halides is 3. The van der Waals surface area contributed by atoms with E-state index in [4.69, 9.17) is 0 Å². The Bertz CT molecular complexity index is 447. The van der Waals surface area contributed by atoms with Crippen LogP contribution in [0.5, 0.6) is 0 Å². The molecule has 0 aromatic heterocycles. The maximum absolute atomic E-state index is 12.7. The molecule has 0 saturated carbocycles. The van der Waals surface area contributed by atoms with Crippen molar-refractivity contribution >= 4 is 12.1 Å². The molecule has 0 amide bonds. The first-order valence-corrected chi connectivity index (χ1v) is 4.46. The third-order valence-corrected chi connectivity index (χ3v) is 2.24. The van der Waals surface area contributed by atoms with Gasteiger partial charge in [0.05, 0.1) is 5.56 Å². The molecule has 0 aliphatic carbocycles. The van der Waals surface area contributed by atoms with Crippen LogP contribution in [-0.4, -0.2) is 12.1 Å². The molecular formula is C11H9F3O2. The largest absolute Gasteiger partial charge is 0.417 e. The molecule has 0 atom stereocenters. The van der Waals surface area contributed by atoms with E-state index in [9.17, 15) is 22.8 Å². The SMILES string of the molecule is CC(=O)c1ccc(C)c(C=O)c1C(F)(F)F. The number of aryl methyl sites for hydroxylation is 1. The summed E-state index contributed by atoms with van der Waals surface area (Å²) in [5.41, 5.74) is -1.89. The number of rotatable bonds is 2. The van der Waals surface area contributed by atoms with E-state index >= 15 is 0 Å². The number of benzene rings is 1. The Hall–Kier alpha value is -1.65. The highest BCUT2D eigenvalue weighted by atomic mass is 19.4. The van der Waals surface area contributed by atoms with Crippen LogP contribution in [-0.2, 0) is 6.18 Å². The third kappa shape index (κ3) is 2.13. The maximum Gasteiger partial charge on any atom is 0.417 e. The van der Waals surface area contributed by atoms with Crippen molar-refractivity contribution in [3.63, 3.8) is 0 Å². The molecule has 0 fully saturated rings. The van der Waals surface area contributed by atoms with Crippen LogP contribution in [0.3, 0.4) is 0 Å². The lowest BCUT2D eigenvalue weighted by Gasteiger charge is -2.14. The van der Waals surface area contributed by atoms with Crippen molar-refractivity contribution in [2.24, 2.45) is 0 Å². The van der Waals surface area contributed by atoms with Crippen LogP contribution in [0.15, 0.2) is 12.1 Å². The fourth-order valence-electron chi connectivity index (χ4n) is 1.47. The minimum absolute atomic E-state index is 0.130. The monoisotopic (exact) mass is 230 g/mol. The van der Waals surface area contributed by atoms with Crippen molar-refractivity contribution < 1.29 is 22.8 Å². The molecule has 1 aromatic rings. The summed E-state index contributed by atoms with van der Waals surface area (Å²) in [7, 11) is 0. The third-order valence-electron chi connectivity index (χ3n) is 2.24. The molecule has 0 aliphatic rings. The van der Waals surface area contributed by atoms with Crippen LogP contribution in [0.25, 0.3) is 0 Å². The van der Waals surface area contributed by atoms with Gasteiger partial charge in [-0.2, -0.15) is 13.2 Å². The van der Waals surface area contributed by atoms with Gasteiger partial charge >= 0.3 is 6.18 Å². The second-order valence-electron chi connectivity index (χ2n) is 3.39. The predicted octanol–water partition coefficient (Wildman–Crippen LogP) is 3.03. The predicted molar refractivity (Wildman–Crippen MR) is 51.6 cm³/mol. The smallest absolute Gasteiger partial charge is 0.298 e. The minimum atomic E-state index is -4.71. The molecule has 0 spiro atoms. The van der Waals surface area contributed by atoms with Crippen LogP contribution < -0.4 is 0 Å². The minimum Gasteiger partial charge on any atom is -0.298 e. The second kappa shape index (κ2) is 4.08. The number of carbonyl (C=O) groups is 2. The molecule has 0 saturated heterocycles. The number of aldehydes is 1. The molecule has 1 aromatic carbocycles. The lowest BCUT2D eigenvalue weighted by Crippen LogP contribution is -2.16. The highest BCUT2D eigenvalue weighted by molar-refractivity contribution is 5.98. The average molecular weight is 230 g/mol. The van der Waals surface area contributed by atoms with Gasteiger partial charge in [0.2, 0.25) is 0 Å². The quantitative estimate of drug-likeness (QED) is 0.578. The van der Waals surface area contributed by atoms with Crippen LogP contribution in [0.1, 0.15) is 38.8 Å². The summed E-state index contributed by atoms with van der Waals surface area (Å²) in [4.78, 5) is 21.7. The van der Waals surface area contributed by atoms with Crippen molar-refractivity contribution in [1.29, 1.82) is 0 Å². The second-order valence-corrected chi connectivity index (χ2v) is 3.39. The summed E-state index contributed by atoms with van der Waals surface area (Å²) >= 11 is 0. The highest BCUT2D eigenvalue weighted by Gasteiger charge is 2.37. The molecular weight excluding hydrogens is 221 g/mol. The van der Waals surface area contributed by atoms with Gasteiger partial charge in [-0.05, 0) is 19.4 Å². The maximum atomic E-state index is 12.7. The number of Topliss-reactive ketones (excluding diaryl/α,β-unsaturated/α-hetero) is 1. The first-order chi connectivity index (χ1) is 7.29. The van der Waals surface area contributed by atoms with Gasteiger partial charge in [0.25, 0.3) is 0 Å². The Balaban J connectivity index is 3.67. The molecule has 1 rings (SSSR count). The number of carbonyl (C=O) groups excluding carboxylic acids is 2. The highest BCUT2D eigenvalue weighted by Crippen LogP contribution is 2.35. The van der Waals surface area contributed by atoms with Gasteiger partial charge in [-0.25, -0.2) is 0 Å². The van der Waals surface area contributed by atoms with E-state index in [2.05, 4.69) is 0 Å². The lowest BCUT2D eigenvalue weighted by molar-refractivity contribution is -0.138. The Morgan fingerprint density at radius 2 is 1.88 bits per heavy atom. The zero-order valence-corrected chi connectivity index (χ0v) is 8.68. The average Bonchev–Trinajstić information content (AvgIpc) is 2.15. The number of hydrogen-bond acceptors (Lipinski definition) is 2. The van der Waals surface area contributed by atoms with E-state index < -0.39 is 28.6 Å². The van der Waals surface area contributed by atoms with Crippen molar-refractivity contribution in [3.8, 4) is 0 Å². The van der Waals surface area contributed by atoms with Gasteiger partial charge in [-0.1, -0.05) is 12.1 Å². The topological polar surface area (TPSA) is 34.1 Å². The molecule has 2 nitrogen and oxygen atoms in total. The summed E-state index contributed by atoms with van der Waals surface area (Å²) in [5.74, 6) is -0.713. The van der Waals surface area contributed by atoms with E-state index in [-0.39, 0.29) is 11.8 Å². The molecule has 0 N–H and O–H groups in total. The molecule has 0 heterocycles. The standard InChI is InChI=1S/C11H9F3O2/c1-6-3-4-8(7(2)16)10(9(6)5-15)11(12,13)14/h3-5H,1-2H3. The van der Waals surface area contributed by atoms with Gasteiger partial charge in [0, 0.05) is 11.1 Å². The molecule has 0 bridgehead atoms. The summed E-state index contributed by atoms with van der Waals surface area (Å²) in [5, 5.41) is 0. The van der Waals surface area contributed by atoms with Gasteiger partial charge < -0.3 is 0 Å². The van der Waals surface area contributed by atoms with Gasteiger partial charge in [-0.3, -0.25) is 9.59 Å². The molecule has 0 aliphatic heterocycles.